The number of nitrogens with zero attached hydrogens (tertiary/aromatic N) is 2. The van der Waals surface area contributed by atoms with Gasteiger partial charge in [-0.15, -0.1) is 0 Å². The van der Waals surface area contributed by atoms with Gasteiger partial charge in [0.05, 0.1) is 0 Å². The molecule has 1 aliphatic heterocycles. The molecule has 0 spiro atoms. The Morgan fingerprint density at radius 3 is 2.68 bits per heavy atom. The molecule has 2 heterocycles. The molecule has 1 amide bonds. The zero-order chi connectivity index (χ0) is 17.2. The summed E-state index contributed by atoms with van der Waals surface area (Å²) in [4.78, 5) is 18.7. The smallest absolute Gasteiger partial charge is 0.257 e. The van der Waals surface area contributed by atoms with Crippen molar-refractivity contribution in [3.63, 3.8) is 0 Å². The molecule has 0 saturated carbocycles. The second kappa shape index (κ2) is 7.10. The Morgan fingerprint density at radius 1 is 1.16 bits per heavy atom. The van der Waals surface area contributed by atoms with Gasteiger partial charge in [-0.2, -0.15) is 0 Å². The monoisotopic (exact) mass is 372 g/mol. The summed E-state index contributed by atoms with van der Waals surface area (Å²) in [6.45, 7) is 1.75. The minimum atomic E-state index is 0.132. The Labute approximate surface area is 155 Å². The van der Waals surface area contributed by atoms with Crippen molar-refractivity contribution in [2.75, 3.05) is 13.1 Å². The number of carbonyl (C=O) groups is 1. The van der Waals surface area contributed by atoms with Crippen LogP contribution in [0.4, 0.5) is 0 Å². The molecule has 1 aromatic heterocycles. The van der Waals surface area contributed by atoms with Gasteiger partial charge in [-0.3, -0.25) is 4.79 Å². The molecule has 1 fully saturated rings. The highest BCUT2D eigenvalue weighted by Gasteiger charge is 2.19. The van der Waals surface area contributed by atoms with Crippen LogP contribution in [0.3, 0.4) is 0 Å². The molecule has 0 aliphatic carbocycles. The van der Waals surface area contributed by atoms with Gasteiger partial charge in [0.2, 0.25) is 0 Å². The minimum absolute atomic E-state index is 0.132. The van der Waals surface area contributed by atoms with E-state index in [1.54, 1.807) is 12.1 Å². The van der Waals surface area contributed by atoms with Gasteiger partial charge in [0.1, 0.15) is 5.52 Å². The molecule has 0 N–H and O–H groups in total. The number of benzene rings is 2. The van der Waals surface area contributed by atoms with Crippen LogP contribution in [0.15, 0.2) is 52.1 Å². The zero-order valence-electron chi connectivity index (χ0n) is 13.6. The van der Waals surface area contributed by atoms with Gasteiger partial charge in [0.15, 0.2) is 5.58 Å². The summed E-state index contributed by atoms with van der Waals surface area (Å²) in [5.74, 6) is 0.867. The summed E-state index contributed by atoms with van der Waals surface area (Å²) in [6, 6.07) is 13.2. The maximum Gasteiger partial charge on any atom is 0.257 e. The van der Waals surface area contributed by atoms with Crippen LogP contribution in [0.2, 0.25) is 5.02 Å². The molecular weight excluding hydrogens is 356 g/mol. The van der Waals surface area contributed by atoms with Crippen molar-refractivity contribution in [3.8, 4) is 0 Å². The highest BCUT2D eigenvalue weighted by Crippen LogP contribution is 2.28. The molecular formula is C19H17ClN2O2S. The van der Waals surface area contributed by atoms with Crippen LogP contribution in [0.1, 0.15) is 28.8 Å². The summed E-state index contributed by atoms with van der Waals surface area (Å²) in [5, 5.41) is 1.27. The lowest BCUT2D eigenvalue weighted by atomic mass is 10.1. The van der Waals surface area contributed by atoms with E-state index in [1.807, 2.05) is 35.2 Å². The van der Waals surface area contributed by atoms with Crippen molar-refractivity contribution in [3.05, 3.63) is 58.6 Å². The maximum atomic E-state index is 12.3. The molecule has 3 aromatic rings. The highest BCUT2D eigenvalue weighted by molar-refractivity contribution is 7.98. The van der Waals surface area contributed by atoms with Crippen molar-refractivity contribution < 1.29 is 9.21 Å². The first-order valence-electron chi connectivity index (χ1n) is 8.26. The summed E-state index contributed by atoms with van der Waals surface area (Å²) in [6.07, 6.45) is 2.21. The van der Waals surface area contributed by atoms with Gasteiger partial charge in [-0.25, -0.2) is 4.98 Å². The Bertz CT molecular complexity index is 901. The molecule has 6 heteroatoms. The summed E-state index contributed by atoms with van der Waals surface area (Å²) >= 11 is 7.50. The lowest BCUT2D eigenvalue weighted by Gasteiger charge is -2.15. The number of likely N-dealkylation sites (tertiary alicyclic amines) is 1. The number of halogens is 1. The van der Waals surface area contributed by atoms with E-state index in [4.69, 9.17) is 16.0 Å². The fourth-order valence-electron chi connectivity index (χ4n) is 2.93. The van der Waals surface area contributed by atoms with Crippen LogP contribution in [-0.4, -0.2) is 28.9 Å². The van der Waals surface area contributed by atoms with Crippen molar-refractivity contribution in [2.24, 2.45) is 0 Å². The second-order valence-electron chi connectivity index (χ2n) is 6.08. The van der Waals surface area contributed by atoms with E-state index in [0.29, 0.717) is 10.2 Å². The lowest BCUT2D eigenvalue weighted by molar-refractivity contribution is 0.0793. The third kappa shape index (κ3) is 3.67. The minimum Gasteiger partial charge on any atom is -0.431 e. The van der Waals surface area contributed by atoms with Gasteiger partial charge < -0.3 is 9.32 Å². The Balaban J connectivity index is 1.41. The second-order valence-corrected chi connectivity index (χ2v) is 7.44. The molecule has 0 unspecified atom stereocenters. The molecule has 1 aliphatic rings. The summed E-state index contributed by atoms with van der Waals surface area (Å²) in [7, 11) is 0. The predicted octanol–water partition coefficient (Wildman–Crippen LogP) is 5.01. The fraction of sp³-hybridized carbons (Fsp3) is 0.263. The third-order valence-corrected chi connectivity index (χ3v) is 5.42. The van der Waals surface area contributed by atoms with E-state index >= 15 is 0 Å². The van der Waals surface area contributed by atoms with Crippen LogP contribution >= 0.6 is 23.4 Å². The topological polar surface area (TPSA) is 46.3 Å². The fourth-order valence-corrected chi connectivity index (χ4v) is 3.89. The number of carbonyl (C=O) groups excluding carboxylic acids is 1. The Morgan fingerprint density at radius 2 is 1.92 bits per heavy atom. The van der Waals surface area contributed by atoms with Crippen molar-refractivity contribution in [2.45, 2.75) is 23.8 Å². The van der Waals surface area contributed by atoms with Gasteiger partial charge in [0.25, 0.3) is 11.1 Å². The standard InChI is InChI=1S/C19H17ClN2O2S/c20-15-7-8-17-16(11-15)21-19(24-17)25-12-13-3-5-14(6-4-13)18(23)22-9-1-2-10-22/h3-8,11H,1-2,9-10,12H2. The Kier molecular flexibility index (Phi) is 4.68. The molecule has 4 rings (SSSR count). The molecule has 4 nitrogen and oxygen atoms in total. The third-order valence-electron chi connectivity index (χ3n) is 4.29. The average Bonchev–Trinajstić information content (AvgIpc) is 3.29. The normalized spacial score (nSPS) is 14.4. The number of amides is 1. The molecule has 128 valence electrons. The number of rotatable bonds is 4. The average molecular weight is 373 g/mol. The maximum absolute atomic E-state index is 12.3. The number of hydrogen-bond acceptors (Lipinski definition) is 4. The molecule has 0 bridgehead atoms. The van der Waals surface area contributed by atoms with E-state index in [-0.39, 0.29) is 5.91 Å². The largest absolute Gasteiger partial charge is 0.431 e. The van der Waals surface area contributed by atoms with Crippen LogP contribution in [0.25, 0.3) is 11.1 Å². The molecule has 0 radical (unpaired) electrons. The van der Waals surface area contributed by atoms with Gasteiger partial charge in [-0.05, 0) is 48.7 Å². The van der Waals surface area contributed by atoms with Crippen LogP contribution in [-0.2, 0) is 5.75 Å². The van der Waals surface area contributed by atoms with Crippen molar-refractivity contribution in [1.82, 2.24) is 9.88 Å². The van der Waals surface area contributed by atoms with E-state index in [9.17, 15) is 4.79 Å². The van der Waals surface area contributed by atoms with E-state index < -0.39 is 0 Å². The number of fused-ring (bicyclic) bond motifs is 1. The molecule has 0 atom stereocenters. The molecule has 25 heavy (non-hydrogen) atoms. The molecule has 2 aromatic carbocycles. The first kappa shape index (κ1) is 16.5. The number of hydrogen-bond donors (Lipinski definition) is 0. The SMILES string of the molecule is O=C(c1ccc(CSc2nc3cc(Cl)ccc3o2)cc1)N1CCCC1. The van der Waals surface area contributed by atoms with Gasteiger partial charge in [-0.1, -0.05) is 35.5 Å². The van der Waals surface area contributed by atoms with Crippen LogP contribution in [0, 0.1) is 0 Å². The lowest BCUT2D eigenvalue weighted by Crippen LogP contribution is -2.27. The quantitative estimate of drug-likeness (QED) is 0.604. The number of oxazole rings is 1. The highest BCUT2D eigenvalue weighted by atomic mass is 35.5. The Hall–Kier alpha value is -1.98. The predicted molar refractivity (Wildman–Crippen MR) is 100 cm³/mol. The van der Waals surface area contributed by atoms with Crippen LogP contribution in [0.5, 0.6) is 0 Å². The van der Waals surface area contributed by atoms with E-state index in [0.717, 1.165) is 53.9 Å². The number of thioether (sulfide) groups is 1. The molecule has 1 saturated heterocycles. The van der Waals surface area contributed by atoms with E-state index in [2.05, 4.69) is 4.98 Å². The summed E-state index contributed by atoms with van der Waals surface area (Å²) < 4.78 is 5.71. The number of aromatic nitrogens is 1. The zero-order valence-corrected chi connectivity index (χ0v) is 15.1. The summed E-state index contributed by atoms with van der Waals surface area (Å²) in [5.41, 5.74) is 3.38. The van der Waals surface area contributed by atoms with Gasteiger partial charge in [0, 0.05) is 29.4 Å². The van der Waals surface area contributed by atoms with Gasteiger partial charge >= 0.3 is 0 Å². The van der Waals surface area contributed by atoms with Crippen molar-refractivity contribution >= 4 is 40.4 Å². The van der Waals surface area contributed by atoms with E-state index in [1.165, 1.54) is 11.8 Å². The van der Waals surface area contributed by atoms with Crippen LogP contribution < -0.4 is 0 Å². The first-order chi connectivity index (χ1) is 12.2. The first-order valence-corrected chi connectivity index (χ1v) is 9.62. The van der Waals surface area contributed by atoms with Crippen molar-refractivity contribution in [1.29, 1.82) is 0 Å².